The first-order chi connectivity index (χ1) is 8.84. The van der Waals surface area contributed by atoms with Crippen LogP contribution >= 0.6 is 0 Å². The van der Waals surface area contributed by atoms with Gasteiger partial charge in [0.2, 0.25) is 0 Å². The highest BCUT2D eigenvalue weighted by molar-refractivity contribution is 5.66. The Morgan fingerprint density at radius 3 is 2.83 bits per heavy atom. The Morgan fingerprint density at radius 1 is 1.17 bits per heavy atom. The largest absolute Gasteiger partial charge is 0.380 e. The fraction of sp³-hybridized carbons (Fsp3) is 0.267. The van der Waals surface area contributed by atoms with Gasteiger partial charge in [-0.3, -0.25) is 0 Å². The molecule has 3 rings (SSSR count). The van der Waals surface area contributed by atoms with Crippen LogP contribution in [0.2, 0.25) is 0 Å². The summed E-state index contributed by atoms with van der Waals surface area (Å²) in [5, 5.41) is 6.96. The molecular formula is C15H17N3. The van der Waals surface area contributed by atoms with Crippen molar-refractivity contribution < 1.29 is 0 Å². The van der Waals surface area contributed by atoms with Gasteiger partial charge in [0.15, 0.2) is 0 Å². The van der Waals surface area contributed by atoms with Gasteiger partial charge in [0.25, 0.3) is 0 Å². The minimum Gasteiger partial charge on any atom is -0.380 e. The van der Waals surface area contributed by atoms with Crippen LogP contribution < -0.4 is 10.6 Å². The molecule has 18 heavy (non-hydrogen) atoms. The van der Waals surface area contributed by atoms with Crippen LogP contribution in [0.3, 0.4) is 0 Å². The lowest BCUT2D eigenvalue weighted by Gasteiger charge is -2.31. The van der Waals surface area contributed by atoms with Crippen molar-refractivity contribution in [3.05, 3.63) is 54.2 Å². The summed E-state index contributed by atoms with van der Waals surface area (Å²) in [6.07, 6.45) is 1.82. The van der Waals surface area contributed by atoms with Gasteiger partial charge in [0.05, 0.1) is 11.7 Å². The quantitative estimate of drug-likeness (QED) is 0.845. The fourth-order valence-electron chi connectivity index (χ4n) is 2.40. The molecule has 92 valence electrons. The van der Waals surface area contributed by atoms with Crippen LogP contribution in [0.4, 0.5) is 11.5 Å². The average Bonchev–Trinajstić information content (AvgIpc) is 2.47. The molecule has 0 bridgehead atoms. The average molecular weight is 239 g/mol. The zero-order chi connectivity index (χ0) is 12.4. The van der Waals surface area contributed by atoms with Crippen LogP contribution in [-0.4, -0.2) is 17.6 Å². The highest BCUT2D eigenvalue weighted by Crippen LogP contribution is 2.28. The Bertz CT molecular complexity index is 524. The molecule has 1 aromatic carbocycles. The van der Waals surface area contributed by atoms with E-state index in [4.69, 9.17) is 0 Å². The second kappa shape index (κ2) is 4.69. The number of aromatic nitrogens is 1. The molecule has 2 N–H and O–H groups in total. The molecule has 0 saturated carbocycles. The maximum Gasteiger partial charge on any atom is 0.149 e. The van der Waals surface area contributed by atoms with E-state index in [1.807, 2.05) is 12.3 Å². The molecule has 0 fully saturated rings. The maximum atomic E-state index is 4.37. The molecule has 1 aliphatic heterocycles. The second-order valence-corrected chi connectivity index (χ2v) is 4.73. The first kappa shape index (κ1) is 11.1. The molecule has 1 aliphatic rings. The minimum atomic E-state index is 0.370. The molecule has 3 heteroatoms. The summed E-state index contributed by atoms with van der Waals surface area (Å²) in [4.78, 5) is 4.37. The van der Waals surface area contributed by atoms with Gasteiger partial charge in [-0.05, 0) is 17.7 Å². The van der Waals surface area contributed by atoms with Crippen molar-refractivity contribution in [1.82, 2.24) is 4.98 Å². The van der Waals surface area contributed by atoms with E-state index >= 15 is 0 Å². The van der Waals surface area contributed by atoms with Gasteiger partial charge >= 0.3 is 0 Å². The zero-order valence-corrected chi connectivity index (χ0v) is 10.4. The number of hydrogen-bond donors (Lipinski definition) is 2. The maximum absolute atomic E-state index is 4.37. The first-order valence-corrected chi connectivity index (χ1v) is 6.35. The predicted molar refractivity (Wildman–Crippen MR) is 75.0 cm³/mol. The minimum absolute atomic E-state index is 0.370. The monoisotopic (exact) mass is 239 g/mol. The molecule has 0 radical (unpaired) electrons. The highest BCUT2D eigenvalue weighted by atomic mass is 15.1. The summed E-state index contributed by atoms with van der Waals surface area (Å²) >= 11 is 0. The smallest absolute Gasteiger partial charge is 0.149 e. The molecule has 3 nitrogen and oxygen atoms in total. The third-order valence-electron chi connectivity index (χ3n) is 3.57. The van der Waals surface area contributed by atoms with Gasteiger partial charge in [-0.2, -0.15) is 0 Å². The van der Waals surface area contributed by atoms with Gasteiger partial charge in [0.1, 0.15) is 5.82 Å². The Labute approximate surface area is 107 Å². The van der Waals surface area contributed by atoms with Gasteiger partial charge in [-0.1, -0.05) is 37.3 Å². The van der Waals surface area contributed by atoms with Crippen LogP contribution in [0.25, 0.3) is 0 Å². The zero-order valence-electron chi connectivity index (χ0n) is 10.4. The molecule has 2 atom stereocenters. The van der Waals surface area contributed by atoms with Crippen molar-refractivity contribution in [2.75, 3.05) is 17.2 Å². The lowest BCUT2D eigenvalue weighted by molar-refractivity contribution is 0.615. The van der Waals surface area contributed by atoms with Gasteiger partial charge in [-0.15, -0.1) is 0 Å². The summed E-state index contributed by atoms with van der Waals surface area (Å²) in [5.74, 6) is 1.41. The van der Waals surface area contributed by atoms with Crippen LogP contribution in [0, 0.1) is 0 Å². The number of nitrogens with one attached hydrogen (secondary N) is 2. The summed E-state index contributed by atoms with van der Waals surface area (Å²) in [7, 11) is 0. The normalized spacial score (nSPS) is 19.3. The molecule has 2 aromatic rings. The van der Waals surface area contributed by atoms with E-state index < -0.39 is 0 Å². The number of pyridine rings is 1. The van der Waals surface area contributed by atoms with Crippen molar-refractivity contribution in [3.8, 4) is 0 Å². The lowest BCUT2D eigenvalue weighted by atomic mass is 9.92. The highest BCUT2D eigenvalue weighted by Gasteiger charge is 2.23. The van der Waals surface area contributed by atoms with Crippen LogP contribution in [0.5, 0.6) is 0 Å². The van der Waals surface area contributed by atoms with Gasteiger partial charge < -0.3 is 10.6 Å². The van der Waals surface area contributed by atoms with Crippen molar-refractivity contribution in [2.45, 2.75) is 18.9 Å². The third-order valence-corrected chi connectivity index (χ3v) is 3.57. The lowest BCUT2D eigenvalue weighted by Crippen LogP contribution is -2.37. The van der Waals surface area contributed by atoms with Gasteiger partial charge in [-0.25, -0.2) is 4.98 Å². The number of hydrogen-bond acceptors (Lipinski definition) is 3. The second-order valence-electron chi connectivity index (χ2n) is 4.73. The van der Waals surface area contributed by atoms with E-state index in [9.17, 15) is 0 Å². The number of rotatable bonds is 2. The number of anilines is 2. The molecule has 0 aliphatic carbocycles. The molecule has 0 unspecified atom stereocenters. The van der Waals surface area contributed by atoms with Crippen molar-refractivity contribution in [3.63, 3.8) is 0 Å². The van der Waals surface area contributed by atoms with E-state index in [0.29, 0.717) is 12.0 Å². The van der Waals surface area contributed by atoms with Crippen molar-refractivity contribution in [2.24, 2.45) is 0 Å². The molecule has 1 aromatic heterocycles. The molecule has 0 spiro atoms. The van der Waals surface area contributed by atoms with Crippen LogP contribution in [0.1, 0.15) is 18.4 Å². The molecular weight excluding hydrogens is 222 g/mol. The van der Waals surface area contributed by atoms with E-state index in [2.05, 4.69) is 58.9 Å². The Balaban J connectivity index is 1.80. The molecule has 0 saturated heterocycles. The topological polar surface area (TPSA) is 37.0 Å². The molecule has 2 heterocycles. The van der Waals surface area contributed by atoms with E-state index in [1.165, 1.54) is 5.56 Å². The fourth-order valence-corrected chi connectivity index (χ4v) is 2.40. The predicted octanol–water partition coefficient (Wildman–Crippen LogP) is 3.09. The SMILES string of the molecule is C[C@@H](c1ccccc1)[C@@H]1CNc2cccnc2N1. The van der Waals surface area contributed by atoms with Crippen molar-refractivity contribution in [1.29, 1.82) is 0 Å². The van der Waals surface area contributed by atoms with Crippen LogP contribution in [-0.2, 0) is 0 Å². The summed E-state index contributed by atoms with van der Waals surface area (Å²) in [6, 6.07) is 15.0. The Kier molecular flexibility index (Phi) is 2.89. The molecule has 0 amide bonds. The Morgan fingerprint density at radius 2 is 2.00 bits per heavy atom. The Hall–Kier alpha value is -2.03. The summed E-state index contributed by atoms with van der Waals surface area (Å²) in [6.45, 7) is 3.18. The van der Waals surface area contributed by atoms with Crippen LogP contribution in [0.15, 0.2) is 48.7 Å². The standard InChI is InChI=1S/C15H17N3/c1-11(12-6-3-2-4-7-12)14-10-17-13-8-5-9-16-15(13)18-14/h2-9,11,14,17H,10H2,1H3,(H,16,18)/t11-,14-/m0/s1. The first-order valence-electron chi connectivity index (χ1n) is 6.35. The third kappa shape index (κ3) is 2.04. The number of fused-ring (bicyclic) bond motifs is 1. The van der Waals surface area contributed by atoms with E-state index in [0.717, 1.165) is 18.1 Å². The van der Waals surface area contributed by atoms with Crippen molar-refractivity contribution >= 4 is 11.5 Å². The van der Waals surface area contributed by atoms with Gasteiger partial charge in [0, 0.05) is 18.7 Å². The summed E-state index contributed by atoms with van der Waals surface area (Å²) < 4.78 is 0. The summed E-state index contributed by atoms with van der Waals surface area (Å²) in [5.41, 5.74) is 2.45. The van der Waals surface area contributed by atoms with E-state index in [-0.39, 0.29) is 0 Å². The van der Waals surface area contributed by atoms with E-state index in [1.54, 1.807) is 0 Å². The number of benzene rings is 1. The number of nitrogens with zero attached hydrogens (tertiary/aromatic N) is 1.